The van der Waals surface area contributed by atoms with E-state index in [0.29, 0.717) is 12.6 Å². The number of aliphatic hydroxyl groups is 1. The summed E-state index contributed by atoms with van der Waals surface area (Å²) in [4.78, 5) is 0. The average Bonchev–Trinajstić information content (AvgIpc) is 2.56. The maximum absolute atomic E-state index is 9.04. The quantitative estimate of drug-likeness (QED) is 0.784. The van der Waals surface area contributed by atoms with Crippen LogP contribution in [0.1, 0.15) is 36.6 Å². The molecule has 3 nitrogen and oxygen atoms in total. The van der Waals surface area contributed by atoms with Gasteiger partial charge in [-0.1, -0.05) is 36.4 Å². The Morgan fingerprint density at radius 2 is 1.64 bits per heavy atom. The van der Waals surface area contributed by atoms with Crippen LogP contribution in [0.25, 0.3) is 0 Å². The molecular weight excluding hydrogens is 274 g/mol. The van der Waals surface area contributed by atoms with E-state index in [1.807, 2.05) is 31.2 Å². The van der Waals surface area contributed by atoms with Gasteiger partial charge in [-0.25, -0.2) is 0 Å². The molecule has 3 heteroatoms. The summed E-state index contributed by atoms with van der Waals surface area (Å²) in [7, 11) is 0. The molecule has 0 saturated heterocycles. The van der Waals surface area contributed by atoms with Crippen molar-refractivity contribution < 1.29 is 9.84 Å². The molecule has 22 heavy (non-hydrogen) atoms. The second-order valence-electron chi connectivity index (χ2n) is 5.40. The van der Waals surface area contributed by atoms with E-state index < -0.39 is 0 Å². The van der Waals surface area contributed by atoms with Crippen LogP contribution < -0.4 is 10.1 Å². The molecule has 1 unspecified atom stereocenters. The van der Waals surface area contributed by atoms with Gasteiger partial charge in [0, 0.05) is 6.04 Å². The van der Waals surface area contributed by atoms with Crippen LogP contribution in [0.3, 0.4) is 0 Å². The first kappa shape index (κ1) is 16.5. The first-order valence-electron chi connectivity index (χ1n) is 7.87. The Kier molecular flexibility index (Phi) is 6.44. The minimum absolute atomic E-state index is 0.104. The molecule has 0 saturated carbocycles. The van der Waals surface area contributed by atoms with Crippen LogP contribution in [-0.2, 0) is 13.0 Å². The minimum Gasteiger partial charge on any atom is -0.494 e. The van der Waals surface area contributed by atoms with Gasteiger partial charge in [0.2, 0.25) is 0 Å². The van der Waals surface area contributed by atoms with E-state index in [1.54, 1.807) is 0 Å². The van der Waals surface area contributed by atoms with Crippen LogP contribution in [0.5, 0.6) is 5.75 Å². The van der Waals surface area contributed by atoms with Crippen molar-refractivity contribution in [3.63, 3.8) is 0 Å². The highest BCUT2D eigenvalue weighted by Crippen LogP contribution is 2.17. The van der Waals surface area contributed by atoms with Gasteiger partial charge in [0.15, 0.2) is 0 Å². The molecule has 2 aromatic rings. The van der Waals surface area contributed by atoms with E-state index in [9.17, 15) is 0 Å². The number of hydrogen-bond donors (Lipinski definition) is 2. The molecule has 0 bridgehead atoms. The van der Waals surface area contributed by atoms with Gasteiger partial charge < -0.3 is 15.2 Å². The maximum atomic E-state index is 9.04. The van der Waals surface area contributed by atoms with Gasteiger partial charge in [-0.2, -0.15) is 0 Å². The molecule has 0 aliphatic rings. The molecule has 1 atom stereocenters. The summed E-state index contributed by atoms with van der Waals surface area (Å²) in [5.74, 6) is 0.919. The van der Waals surface area contributed by atoms with Gasteiger partial charge in [-0.05, 0) is 55.6 Å². The third-order valence-corrected chi connectivity index (χ3v) is 3.76. The average molecular weight is 299 g/mol. The molecule has 0 spiro atoms. The zero-order valence-corrected chi connectivity index (χ0v) is 13.4. The second kappa shape index (κ2) is 8.57. The Balaban J connectivity index is 1.80. The van der Waals surface area contributed by atoms with Crippen molar-refractivity contribution in [3.05, 3.63) is 65.2 Å². The Morgan fingerprint density at radius 3 is 2.23 bits per heavy atom. The Morgan fingerprint density at radius 1 is 1.00 bits per heavy atom. The molecule has 0 fully saturated rings. The highest BCUT2D eigenvalue weighted by molar-refractivity contribution is 5.29. The molecule has 0 radical (unpaired) electrons. The number of aliphatic hydroxyl groups excluding tert-OH is 1. The summed E-state index contributed by atoms with van der Waals surface area (Å²) in [5.41, 5.74) is 3.50. The van der Waals surface area contributed by atoms with E-state index >= 15 is 0 Å². The lowest BCUT2D eigenvalue weighted by molar-refractivity contribution is 0.282. The SMILES string of the molecule is CCOc1ccc(C(C)NCCc2ccc(CO)cc2)cc1. The molecule has 118 valence electrons. The number of rotatable bonds is 8. The molecule has 2 rings (SSSR count). The van der Waals surface area contributed by atoms with Crippen molar-refractivity contribution >= 4 is 0 Å². The monoisotopic (exact) mass is 299 g/mol. The predicted molar refractivity (Wildman–Crippen MR) is 90.1 cm³/mol. The van der Waals surface area contributed by atoms with Crippen LogP contribution in [0.15, 0.2) is 48.5 Å². The maximum Gasteiger partial charge on any atom is 0.119 e. The van der Waals surface area contributed by atoms with Gasteiger partial charge in [0.05, 0.1) is 13.2 Å². The molecule has 0 heterocycles. The standard InChI is InChI=1S/C19H25NO2/c1-3-22-19-10-8-18(9-11-19)15(2)20-13-12-16-4-6-17(14-21)7-5-16/h4-11,15,20-21H,3,12-14H2,1-2H3. The van der Waals surface area contributed by atoms with Crippen molar-refractivity contribution in [3.8, 4) is 5.75 Å². The Labute approximate surface area is 133 Å². The van der Waals surface area contributed by atoms with Crippen molar-refractivity contribution in [2.24, 2.45) is 0 Å². The molecule has 0 aliphatic heterocycles. The van der Waals surface area contributed by atoms with Crippen molar-refractivity contribution in [1.82, 2.24) is 5.32 Å². The number of nitrogens with one attached hydrogen (secondary N) is 1. The summed E-state index contributed by atoms with van der Waals surface area (Å²) >= 11 is 0. The third-order valence-electron chi connectivity index (χ3n) is 3.76. The number of benzene rings is 2. The van der Waals surface area contributed by atoms with Crippen LogP contribution >= 0.6 is 0 Å². The summed E-state index contributed by atoms with van der Waals surface area (Å²) in [6, 6.07) is 16.7. The summed E-state index contributed by atoms with van der Waals surface area (Å²) < 4.78 is 5.46. The lowest BCUT2D eigenvalue weighted by Gasteiger charge is -2.15. The first-order chi connectivity index (χ1) is 10.7. The topological polar surface area (TPSA) is 41.5 Å². The second-order valence-corrected chi connectivity index (χ2v) is 5.40. The smallest absolute Gasteiger partial charge is 0.119 e. The van der Waals surface area contributed by atoms with E-state index in [1.165, 1.54) is 11.1 Å². The van der Waals surface area contributed by atoms with Crippen LogP contribution in [0.2, 0.25) is 0 Å². The summed E-state index contributed by atoms with van der Waals surface area (Å²) in [6.45, 7) is 5.89. The van der Waals surface area contributed by atoms with Crippen LogP contribution in [0, 0.1) is 0 Å². The Bertz CT molecular complexity index is 549. The first-order valence-corrected chi connectivity index (χ1v) is 7.87. The van der Waals surface area contributed by atoms with Crippen molar-refractivity contribution in [2.75, 3.05) is 13.2 Å². The highest BCUT2D eigenvalue weighted by atomic mass is 16.5. The van der Waals surface area contributed by atoms with Crippen molar-refractivity contribution in [1.29, 1.82) is 0 Å². The summed E-state index contributed by atoms with van der Waals surface area (Å²) in [5, 5.41) is 12.6. The van der Waals surface area contributed by atoms with Crippen LogP contribution in [0.4, 0.5) is 0 Å². The van der Waals surface area contributed by atoms with E-state index in [-0.39, 0.29) is 6.61 Å². The molecule has 2 aromatic carbocycles. The molecule has 0 aromatic heterocycles. The summed E-state index contributed by atoms with van der Waals surface area (Å²) in [6.07, 6.45) is 0.979. The van der Waals surface area contributed by atoms with E-state index in [0.717, 1.165) is 24.3 Å². The number of hydrogen-bond acceptors (Lipinski definition) is 3. The molecule has 0 aliphatic carbocycles. The lowest BCUT2D eigenvalue weighted by Crippen LogP contribution is -2.21. The van der Waals surface area contributed by atoms with Crippen molar-refractivity contribution in [2.45, 2.75) is 32.9 Å². The third kappa shape index (κ3) is 4.86. The highest BCUT2D eigenvalue weighted by Gasteiger charge is 2.05. The van der Waals surface area contributed by atoms with Gasteiger partial charge in [0.1, 0.15) is 5.75 Å². The molecule has 0 amide bonds. The zero-order valence-electron chi connectivity index (χ0n) is 13.4. The van der Waals surface area contributed by atoms with Crippen LogP contribution in [-0.4, -0.2) is 18.3 Å². The predicted octanol–water partition coefficient (Wildman–Crippen LogP) is 3.47. The minimum atomic E-state index is 0.104. The fourth-order valence-corrected chi connectivity index (χ4v) is 2.38. The van der Waals surface area contributed by atoms with Gasteiger partial charge in [-0.3, -0.25) is 0 Å². The normalized spacial score (nSPS) is 12.1. The fourth-order valence-electron chi connectivity index (χ4n) is 2.38. The van der Waals surface area contributed by atoms with E-state index in [4.69, 9.17) is 9.84 Å². The fraction of sp³-hybridized carbons (Fsp3) is 0.368. The Hall–Kier alpha value is -1.84. The zero-order chi connectivity index (χ0) is 15.8. The molecular formula is C19H25NO2. The molecule has 2 N–H and O–H groups in total. The number of ether oxygens (including phenoxy) is 1. The lowest BCUT2D eigenvalue weighted by atomic mass is 10.1. The van der Waals surface area contributed by atoms with Gasteiger partial charge in [0.25, 0.3) is 0 Å². The van der Waals surface area contributed by atoms with Gasteiger partial charge in [-0.15, -0.1) is 0 Å². The van der Waals surface area contributed by atoms with Gasteiger partial charge >= 0.3 is 0 Å². The van der Waals surface area contributed by atoms with E-state index in [2.05, 4.69) is 36.5 Å². The largest absolute Gasteiger partial charge is 0.494 e.